The van der Waals surface area contributed by atoms with E-state index in [4.69, 9.17) is 33.2 Å². The largest absolute Gasteiger partial charge is 0.477 e. The molecule has 0 bridgehead atoms. The Morgan fingerprint density at radius 1 is 1.06 bits per heavy atom. The number of rotatable bonds is 7. The topological polar surface area (TPSA) is 231 Å². The summed E-state index contributed by atoms with van der Waals surface area (Å²) in [5.41, 5.74) is 13.0. The maximum absolute atomic E-state index is 13.5. The quantitative estimate of drug-likeness (QED) is 0.0872. The van der Waals surface area contributed by atoms with Crippen LogP contribution in [0.2, 0.25) is 5.02 Å². The summed E-state index contributed by atoms with van der Waals surface area (Å²) in [4.78, 5) is 57.2. The molecule has 15 nitrogen and oxygen atoms in total. The van der Waals surface area contributed by atoms with E-state index in [9.17, 15) is 24.3 Å². The maximum atomic E-state index is 13.5. The Morgan fingerprint density at radius 2 is 1.75 bits per heavy atom. The molecule has 2 aromatic heterocycles. The predicted molar refractivity (Wildman–Crippen MR) is 199 cm³/mol. The van der Waals surface area contributed by atoms with Gasteiger partial charge < -0.3 is 36.8 Å². The molecule has 280 valence electrons. The van der Waals surface area contributed by atoms with Crippen molar-refractivity contribution in [3.05, 3.63) is 92.9 Å². The Morgan fingerprint density at radius 3 is 2.38 bits per heavy atom. The fraction of sp³-hybridized carbons (Fsp3) is 0.378. The van der Waals surface area contributed by atoms with Gasteiger partial charge in [0.05, 0.1) is 28.5 Å². The smallest absolute Gasteiger partial charge is 0.354 e. The van der Waals surface area contributed by atoms with Gasteiger partial charge in [-0.2, -0.15) is 5.10 Å². The number of likely N-dealkylation sites (tertiary alicyclic amines) is 1. The third-order valence-corrected chi connectivity index (χ3v) is 9.53. The van der Waals surface area contributed by atoms with Gasteiger partial charge in [0.15, 0.2) is 17.3 Å². The number of carbonyl (C=O) groups is 4. The van der Waals surface area contributed by atoms with Gasteiger partial charge >= 0.3 is 11.9 Å². The molecule has 1 fully saturated rings. The van der Waals surface area contributed by atoms with Crippen molar-refractivity contribution in [3.8, 4) is 0 Å². The molecule has 2 aromatic carbocycles. The van der Waals surface area contributed by atoms with Crippen molar-refractivity contribution in [1.29, 1.82) is 5.41 Å². The van der Waals surface area contributed by atoms with Crippen LogP contribution in [0.15, 0.2) is 48.7 Å². The number of anilines is 1. The summed E-state index contributed by atoms with van der Waals surface area (Å²) in [6.45, 7) is 9.84. The van der Waals surface area contributed by atoms with Gasteiger partial charge in [0.25, 0.3) is 11.8 Å². The molecule has 0 unspecified atom stereocenters. The molecule has 2 amide bonds. The van der Waals surface area contributed by atoms with E-state index in [0.29, 0.717) is 35.0 Å². The highest BCUT2D eigenvalue weighted by Crippen LogP contribution is 2.35. The van der Waals surface area contributed by atoms with Gasteiger partial charge in [-0.25, -0.2) is 19.1 Å². The number of piperidine rings is 1. The number of esters is 1. The number of halogens is 1. The Labute approximate surface area is 311 Å². The Bertz CT molecular complexity index is 2070. The third kappa shape index (κ3) is 8.92. The fourth-order valence-electron chi connectivity index (χ4n) is 6.37. The maximum Gasteiger partial charge on any atom is 0.354 e. The average Bonchev–Trinajstić information content (AvgIpc) is 3.73. The number of fused-ring (bicyclic) bond motifs is 2. The number of hydrogen-bond acceptors (Lipinski definition) is 9. The molecule has 8 N–H and O–H groups in total. The zero-order valence-electron chi connectivity index (χ0n) is 30.0. The van der Waals surface area contributed by atoms with Gasteiger partial charge in [0.2, 0.25) is 0 Å². The summed E-state index contributed by atoms with van der Waals surface area (Å²) in [7, 11) is 0. The van der Waals surface area contributed by atoms with Gasteiger partial charge in [-0.05, 0) is 101 Å². The standard InChI is InChI=1S/C30H28ClN5O6.C7H16N4/c1-15-16-11-12-21(18(16)10-9-17(15)29(41)42-30(2,3)4)34-27(38)24-13-23(28(39)40)33-25-19(14-32-36(24)25)26(37)35-22-8-6-5-7-20(22)31;8-5-6-1-3-11(4-2-6)7(9)10/h5-10,13-14,21H,11-12H2,1-4H3,(H,34,38)(H,35,37)(H,39,40);6H,1-5,8H2,(H3,9,10)/t21-;/m0./s1. The average molecular weight is 746 g/mol. The Hall–Kier alpha value is -5.54. The van der Waals surface area contributed by atoms with Crippen molar-refractivity contribution in [2.75, 3.05) is 25.0 Å². The van der Waals surface area contributed by atoms with E-state index in [1.54, 1.807) is 57.2 Å². The van der Waals surface area contributed by atoms with Crippen LogP contribution < -0.4 is 22.1 Å². The van der Waals surface area contributed by atoms with Gasteiger partial charge in [0.1, 0.15) is 16.9 Å². The Balaban J connectivity index is 0.000000422. The number of ether oxygens (including phenoxy) is 1. The molecule has 2 aliphatic rings. The number of carboxylic acid groups (broad SMARTS) is 1. The van der Waals surface area contributed by atoms with Crippen molar-refractivity contribution in [2.45, 2.75) is 65.0 Å². The highest BCUT2D eigenvalue weighted by molar-refractivity contribution is 6.34. The van der Waals surface area contributed by atoms with Crippen LogP contribution in [0.5, 0.6) is 0 Å². The molecule has 0 saturated carbocycles. The summed E-state index contributed by atoms with van der Waals surface area (Å²) < 4.78 is 6.67. The monoisotopic (exact) mass is 745 g/mol. The number of amides is 2. The second-order valence-electron chi connectivity index (χ2n) is 14.0. The number of aromatic carboxylic acids is 1. The van der Waals surface area contributed by atoms with Crippen molar-refractivity contribution in [1.82, 2.24) is 24.8 Å². The third-order valence-electron chi connectivity index (χ3n) is 9.20. The van der Waals surface area contributed by atoms with E-state index in [0.717, 1.165) is 59.7 Å². The number of nitrogens with two attached hydrogens (primary N) is 2. The highest BCUT2D eigenvalue weighted by atomic mass is 35.5. The van der Waals surface area contributed by atoms with Crippen molar-refractivity contribution >= 4 is 52.6 Å². The fourth-order valence-corrected chi connectivity index (χ4v) is 6.56. The predicted octanol–water partition coefficient (Wildman–Crippen LogP) is 4.56. The zero-order chi connectivity index (χ0) is 38.6. The molecule has 0 radical (unpaired) electrons. The lowest BCUT2D eigenvalue weighted by molar-refractivity contribution is 0.00681. The summed E-state index contributed by atoms with van der Waals surface area (Å²) in [6.07, 6.45) is 4.57. The molecule has 16 heteroatoms. The van der Waals surface area contributed by atoms with E-state index in [1.807, 2.05) is 11.8 Å². The molecule has 4 aromatic rings. The highest BCUT2D eigenvalue weighted by Gasteiger charge is 2.31. The van der Waals surface area contributed by atoms with Crippen LogP contribution in [-0.4, -0.2) is 79.6 Å². The number of hydrogen-bond donors (Lipinski definition) is 6. The molecule has 1 aliphatic heterocycles. The zero-order valence-corrected chi connectivity index (χ0v) is 30.8. The van der Waals surface area contributed by atoms with E-state index in [-0.39, 0.29) is 22.9 Å². The van der Waals surface area contributed by atoms with E-state index < -0.39 is 41.1 Å². The summed E-state index contributed by atoms with van der Waals surface area (Å²) in [5, 5.41) is 27.0. The first-order valence-electron chi connectivity index (χ1n) is 17.2. The molecule has 1 saturated heterocycles. The number of benzene rings is 2. The Kier molecular flexibility index (Phi) is 11.7. The number of nitrogens with one attached hydrogen (secondary N) is 3. The normalized spacial score (nSPS) is 15.6. The minimum Gasteiger partial charge on any atom is -0.477 e. The van der Waals surface area contributed by atoms with Crippen LogP contribution in [0.4, 0.5) is 5.69 Å². The summed E-state index contributed by atoms with van der Waals surface area (Å²) in [5.74, 6) is -2.17. The van der Waals surface area contributed by atoms with Crippen molar-refractivity contribution in [2.24, 2.45) is 17.4 Å². The van der Waals surface area contributed by atoms with Crippen molar-refractivity contribution in [3.63, 3.8) is 0 Å². The van der Waals surface area contributed by atoms with E-state index in [1.165, 1.54) is 6.20 Å². The molecular formula is C37H44ClN9O6. The van der Waals surface area contributed by atoms with E-state index in [2.05, 4.69) is 20.7 Å². The minimum absolute atomic E-state index is 0.0384. The number of guanidine groups is 1. The molecule has 6 rings (SSSR count). The number of carboxylic acids is 1. The van der Waals surface area contributed by atoms with Crippen LogP contribution in [0.3, 0.4) is 0 Å². The van der Waals surface area contributed by atoms with Crippen LogP contribution in [0.1, 0.15) is 104 Å². The number of carbonyl (C=O) groups excluding carboxylic acids is 3. The lowest BCUT2D eigenvalue weighted by Crippen LogP contribution is -2.43. The number of para-hydroxylation sites is 1. The molecule has 3 heterocycles. The molecule has 0 spiro atoms. The van der Waals surface area contributed by atoms with E-state index >= 15 is 0 Å². The van der Waals surface area contributed by atoms with Crippen LogP contribution >= 0.6 is 11.6 Å². The molecular weight excluding hydrogens is 702 g/mol. The first-order valence-corrected chi connectivity index (χ1v) is 17.6. The van der Waals surface area contributed by atoms with Gasteiger partial charge in [-0.1, -0.05) is 29.8 Å². The number of aromatic nitrogens is 3. The van der Waals surface area contributed by atoms with Crippen LogP contribution in [0.25, 0.3) is 5.65 Å². The lowest BCUT2D eigenvalue weighted by atomic mass is 9.97. The van der Waals surface area contributed by atoms with Gasteiger partial charge in [-0.3, -0.25) is 15.0 Å². The minimum atomic E-state index is -1.37. The molecule has 1 atom stereocenters. The van der Waals surface area contributed by atoms with Crippen LogP contribution in [-0.2, 0) is 11.2 Å². The second kappa shape index (κ2) is 16.0. The van der Waals surface area contributed by atoms with Gasteiger partial charge in [-0.15, -0.1) is 0 Å². The van der Waals surface area contributed by atoms with Crippen LogP contribution in [0, 0.1) is 18.3 Å². The first-order chi connectivity index (χ1) is 25.1. The summed E-state index contributed by atoms with van der Waals surface area (Å²) in [6, 6.07) is 10.8. The molecule has 1 aliphatic carbocycles. The SMILES string of the molecule is Cc1c(C(=O)OC(C)(C)C)ccc2c1CC[C@@H]2NC(=O)c1cc(C(=O)O)nc2c(C(=O)Nc3ccccc3Cl)cnn12.N=C(N)N1CCC(CN)CC1. The van der Waals surface area contributed by atoms with Gasteiger partial charge in [0, 0.05) is 19.2 Å². The van der Waals surface area contributed by atoms with Crippen molar-refractivity contribution < 1.29 is 29.0 Å². The summed E-state index contributed by atoms with van der Waals surface area (Å²) >= 11 is 6.15. The number of nitrogens with zero attached hydrogens (tertiary/aromatic N) is 4. The lowest BCUT2D eigenvalue weighted by Gasteiger charge is -2.31. The molecule has 53 heavy (non-hydrogen) atoms. The first kappa shape index (κ1) is 38.7. The second-order valence-corrected chi connectivity index (χ2v) is 14.4.